The first-order valence-corrected chi connectivity index (χ1v) is 8.63. The lowest BCUT2D eigenvalue weighted by molar-refractivity contribution is -0.123. The van der Waals surface area contributed by atoms with E-state index in [1.807, 2.05) is 13.2 Å². The normalized spacial score (nSPS) is 17.8. The number of ether oxygens (including phenoxy) is 1. The number of carbonyl (C=O) groups is 1. The summed E-state index contributed by atoms with van der Waals surface area (Å²) in [6, 6.07) is -0.364. The minimum absolute atomic E-state index is 0. The fourth-order valence-corrected chi connectivity index (χ4v) is 2.90. The second kappa shape index (κ2) is 10.7. The van der Waals surface area contributed by atoms with E-state index < -0.39 is 0 Å². The summed E-state index contributed by atoms with van der Waals surface area (Å²) >= 11 is 1.72. The molecule has 0 aromatic carbocycles. The van der Waals surface area contributed by atoms with Gasteiger partial charge in [-0.25, -0.2) is 0 Å². The van der Waals surface area contributed by atoms with E-state index in [1.54, 1.807) is 11.8 Å². The van der Waals surface area contributed by atoms with Crippen LogP contribution in [0.5, 0.6) is 0 Å². The molecule has 0 aromatic heterocycles. The summed E-state index contributed by atoms with van der Waals surface area (Å²) in [4.78, 5) is 11.9. The Balaban J connectivity index is 0.00000361. The van der Waals surface area contributed by atoms with Crippen LogP contribution in [-0.2, 0) is 9.53 Å². The molecule has 0 unspecified atom stereocenters. The van der Waals surface area contributed by atoms with Crippen molar-refractivity contribution in [1.82, 2.24) is 5.32 Å². The molecule has 120 valence electrons. The number of hydrogen-bond donors (Lipinski definition) is 2. The number of carbonyl (C=O) groups excluding carboxylic acids is 1. The van der Waals surface area contributed by atoms with Gasteiger partial charge in [-0.05, 0) is 50.0 Å². The third-order valence-corrected chi connectivity index (χ3v) is 4.65. The molecule has 0 heterocycles. The van der Waals surface area contributed by atoms with Crippen LogP contribution in [0.4, 0.5) is 0 Å². The van der Waals surface area contributed by atoms with Crippen molar-refractivity contribution in [3.05, 3.63) is 0 Å². The van der Waals surface area contributed by atoms with Crippen molar-refractivity contribution in [2.24, 2.45) is 11.1 Å². The molecule has 1 aliphatic carbocycles. The quantitative estimate of drug-likeness (QED) is 0.605. The number of nitrogens with one attached hydrogen (secondary N) is 1. The summed E-state index contributed by atoms with van der Waals surface area (Å²) in [5, 5.41) is 3.03. The van der Waals surface area contributed by atoms with Gasteiger partial charge in [-0.2, -0.15) is 11.8 Å². The van der Waals surface area contributed by atoms with Gasteiger partial charge in [0.1, 0.15) is 0 Å². The Morgan fingerprint density at radius 1 is 1.50 bits per heavy atom. The van der Waals surface area contributed by atoms with Crippen molar-refractivity contribution in [3.63, 3.8) is 0 Å². The maximum atomic E-state index is 11.9. The van der Waals surface area contributed by atoms with Crippen LogP contribution in [0, 0.1) is 5.41 Å². The maximum absolute atomic E-state index is 11.9. The minimum atomic E-state index is -0.364. The van der Waals surface area contributed by atoms with Crippen molar-refractivity contribution in [1.29, 1.82) is 0 Å². The topological polar surface area (TPSA) is 64.3 Å². The summed E-state index contributed by atoms with van der Waals surface area (Å²) in [5.74, 6) is 0.932. The van der Waals surface area contributed by atoms with Crippen LogP contribution in [0.3, 0.4) is 0 Å². The van der Waals surface area contributed by atoms with E-state index in [2.05, 4.69) is 5.32 Å². The largest absolute Gasteiger partial charge is 0.382 e. The lowest BCUT2D eigenvalue weighted by Crippen LogP contribution is -2.48. The molecule has 0 aliphatic heterocycles. The predicted molar refractivity (Wildman–Crippen MR) is 88.6 cm³/mol. The molecule has 1 fully saturated rings. The van der Waals surface area contributed by atoms with Crippen molar-refractivity contribution in [2.45, 2.75) is 45.1 Å². The van der Waals surface area contributed by atoms with Crippen LogP contribution >= 0.6 is 24.2 Å². The monoisotopic (exact) mass is 324 g/mol. The van der Waals surface area contributed by atoms with Crippen LogP contribution in [0.15, 0.2) is 0 Å². The Kier molecular flexibility index (Phi) is 10.7. The van der Waals surface area contributed by atoms with E-state index in [4.69, 9.17) is 10.5 Å². The number of rotatable bonds is 10. The van der Waals surface area contributed by atoms with Crippen LogP contribution in [0.2, 0.25) is 0 Å². The smallest absolute Gasteiger partial charge is 0.236 e. The van der Waals surface area contributed by atoms with Crippen molar-refractivity contribution < 1.29 is 9.53 Å². The third kappa shape index (κ3) is 6.66. The summed E-state index contributed by atoms with van der Waals surface area (Å²) in [7, 11) is 0. The summed E-state index contributed by atoms with van der Waals surface area (Å²) in [6.07, 6.45) is 7.48. The standard InChI is InChI=1S/C14H28N2O2S.ClH/c1-3-18-9-8-14(6-4-7-14)11-16-13(17)12(15)5-10-19-2;/h12H,3-11,15H2,1-2H3,(H,16,17);1H/t12-;/m0./s1. The molecule has 1 atom stereocenters. The molecule has 0 bridgehead atoms. The van der Waals surface area contributed by atoms with Crippen molar-refractivity contribution in [3.8, 4) is 0 Å². The lowest BCUT2D eigenvalue weighted by atomic mass is 9.66. The first-order chi connectivity index (χ1) is 9.13. The molecular weight excluding hydrogens is 296 g/mol. The molecular formula is C14H29ClN2O2S. The maximum Gasteiger partial charge on any atom is 0.236 e. The highest BCUT2D eigenvalue weighted by atomic mass is 35.5. The second-order valence-electron chi connectivity index (χ2n) is 5.41. The predicted octanol–water partition coefficient (Wildman–Crippen LogP) is 2.20. The molecule has 4 nitrogen and oxygen atoms in total. The van der Waals surface area contributed by atoms with Crippen LogP contribution in [0.1, 0.15) is 39.0 Å². The average Bonchev–Trinajstić information content (AvgIpc) is 2.37. The molecule has 1 saturated carbocycles. The Morgan fingerprint density at radius 2 is 2.20 bits per heavy atom. The van der Waals surface area contributed by atoms with Gasteiger partial charge in [0.25, 0.3) is 0 Å². The van der Waals surface area contributed by atoms with Crippen molar-refractivity contribution in [2.75, 3.05) is 31.8 Å². The van der Waals surface area contributed by atoms with Gasteiger partial charge in [0, 0.05) is 19.8 Å². The molecule has 20 heavy (non-hydrogen) atoms. The Morgan fingerprint density at radius 3 is 2.70 bits per heavy atom. The Bertz CT molecular complexity index is 276. The summed E-state index contributed by atoms with van der Waals surface area (Å²) in [6.45, 7) is 4.33. The van der Waals surface area contributed by atoms with Gasteiger partial charge in [-0.15, -0.1) is 12.4 Å². The van der Waals surface area contributed by atoms with E-state index >= 15 is 0 Å². The van der Waals surface area contributed by atoms with Gasteiger partial charge >= 0.3 is 0 Å². The lowest BCUT2D eigenvalue weighted by Gasteiger charge is -2.42. The van der Waals surface area contributed by atoms with Gasteiger partial charge in [0.2, 0.25) is 5.91 Å². The molecule has 1 aliphatic rings. The number of hydrogen-bond acceptors (Lipinski definition) is 4. The second-order valence-corrected chi connectivity index (χ2v) is 6.39. The molecule has 1 amide bonds. The van der Waals surface area contributed by atoms with Crippen LogP contribution in [0.25, 0.3) is 0 Å². The fraction of sp³-hybridized carbons (Fsp3) is 0.929. The van der Waals surface area contributed by atoms with Crippen molar-refractivity contribution >= 4 is 30.1 Å². The van der Waals surface area contributed by atoms with Gasteiger partial charge in [0.15, 0.2) is 0 Å². The molecule has 0 saturated heterocycles. The summed E-state index contributed by atoms with van der Waals surface area (Å²) < 4.78 is 5.43. The highest BCUT2D eigenvalue weighted by Crippen LogP contribution is 2.43. The number of nitrogens with two attached hydrogens (primary N) is 1. The molecule has 1 rings (SSSR count). The minimum Gasteiger partial charge on any atom is -0.382 e. The zero-order chi connectivity index (χ0) is 14.1. The van der Waals surface area contributed by atoms with Gasteiger partial charge < -0.3 is 15.8 Å². The van der Waals surface area contributed by atoms with E-state index in [0.717, 1.165) is 38.4 Å². The fourth-order valence-electron chi connectivity index (χ4n) is 2.41. The summed E-state index contributed by atoms with van der Waals surface area (Å²) in [5.41, 5.74) is 6.13. The number of thioether (sulfide) groups is 1. The number of halogens is 1. The van der Waals surface area contributed by atoms with E-state index in [1.165, 1.54) is 19.3 Å². The molecule has 0 radical (unpaired) electrons. The van der Waals surface area contributed by atoms with Gasteiger partial charge in [-0.3, -0.25) is 4.79 Å². The number of amides is 1. The zero-order valence-electron chi connectivity index (χ0n) is 12.7. The Hall–Kier alpha value is 0.0300. The molecule has 3 N–H and O–H groups in total. The molecule has 0 aromatic rings. The third-order valence-electron chi connectivity index (χ3n) is 4.00. The zero-order valence-corrected chi connectivity index (χ0v) is 14.3. The first-order valence-electron chi connectivity index (χ1n) is 7.23. The van der Waals surface area contributed by atoms with E-state index in [0.29, 0.717) is 0 Å². The van der Waals surface area contributed by atoms with Crippen LogP contribution < -0.4 is 11.1 Å². The molecule has 6 heteroatoms. The van der Waals surface area contributed by atoms with Crippen LogP contribution in [-0.4, -0.2) is 43.7 Å². The highest BCUT2D eigenvalue weighted by molar-refractivity contribution is 7.98. The first kappa shape index (κ1) is 20.0. The van der Waals surface area contributed by atoms with E-state index in [9.17, 15) is 4.79 Å². The average molecular weight is 325 g/mol. The Labute approximate surface area is 133 Å². The van der Waals surface area contributed by atoms with E-state index in [-0.39, 0.29) is 29.8 Å². The SMILES string of the molecule is CCOCCC1(CNC(=O)[C@@H](N)CCSC)CCC1.Cl. The van der Waals surface area contributed by atoms with Gasteiger partial charge in [-0.1, -0.05) is 6.42 Å². The van der Waals surface area contributed by atoms with Gasteiger partial charge in [0.05, 0.1) is 6.04 Å². The highest BCUT2D eigenvalue weighted by Gasteiger charge is 2.36. The molecule has 0 spiro atoms.